The number of hydrogen-bond donors (Lipinski definition) is 2. The molecule has 94 valence electrons. The smallest absolute Gasteiger partial charge is 0.129 e. The van der Waals surface area contributed by atoms with Crippen LogP contribution in [0.5, 0.6) is 0 Å². The van der Waals surface area contributed by atoms with E-state index in [4.69, 9.17) is 17.4 Å². The third-order valence-electron chi connectivity index (χ3n) is 2.54. The zero-order valence-corrected chi connectivity index (χ0v) is 10.4. The van der Waals surface area contributed by atoms with Gasteiger partial charge in [-0.25, -0.2) is 9.82 Å². The molecule has 18 heavy (non-hydrogen) atoms. The van der Waals surface area contributed by atoms with Crippen LogP contribution in [0.1, 0.15) is 23.0 Å². The predicted octanol–water partition coefficient (Wildman–Crippen LogP) is 2.13. The Balaban J connectivity index is 2.41. The minimum Gasteiger partial charge on any atom is -0.271 e. The first-order valence-corrected chi connectivity index (χ1v) is 5.69. The van der Waals surface area contributed by atoms with Crippen LogP contribution in [0, 0.1) is 12.7 Å². The van der Waals surface area contributed by atoms with E-state index in [0.29, 0.717) is 16.3 Å². The lowest BCUT2D eigenvalue weighted by Crippen LogP contribution is -2.30. The number of nitrogens with zero attached hydrogens (tertiary/aromatic N) is 2. The molecule has 2 rings (SSSR count). The van der Waals surface area contributed by atoms with Crippen molar-refractivity contribution in [1.29, 1.82) is 0 Å². The van der Waals surface area contributed by atoms with Gasteiger partial charge in [0.1, 0.15) is 5.82 Å². The number of nitrogens with two attached hydrogens (primary N) is 1. The molecule has 0 fully saturated rings. The average molecular weight is 267 g/mol. The second kappa shape index (κ2) is 5.39. The molecule has 1 unspecified atom stereocenters. The normalized spacial score (nSPS) is 12.4. The van der Waals surface area contributed by atoms with Gasteiger partial charge in [-0.3, -0.25) is 15.8 Å². The van der Waals surface area contributed by atoms with E-state index in [0.717, 1.165) is 5.69 Å². The molecule has 0 amide bonds. The van der Waals surface area contributed by atoms with Crippen molar-refractivity contribution < 1.29 is 4.39 Å². The second-order valence-electron chi connectivity index (χ2n) is 3.85. The molecule has 0 aliphatic heterocycles. The van der Waals surface area contributed by atoms with Crippen molar-refractivity contribution in [1.82, 2.24) is 15.4 Å². The van der Waals surface area contributed by atoms with Crippen molar-refractivity contribution in [3.63, 3.8) is 0 Å². The zero-order chi connectivity index (χ0) is 13.1. The Morgan fingerprint density at radius 2 is 2.11 bits per heavy atom. The summed E-state index contributed by atoms with van der Waals surface area (Å²) in [5.74, 6) is 5.03. The van der Waals surface area contributed by atoms with Crippen molar-refractivity contribution in [3.8, 4) is 0 Å². The van der Waals surface area contributed by atoms with E-state index in [1.54, 1.807) is 24.5 Å². The number of aromatic nitrogens is 2. The Morgan fingerprint density at radius 1 is 1.33 bits per heavy atom. The average Bonchev–Trinajstić information content (AvgIpc) is 2.35. The molecule has 0 radical (unpaired) electrons. The topological polar surface area (TPSA) is 63.8 Å². The van der Waals surface area contributed by atoms with Gasteiger partial charge in [-0.1, -0.05) is 17.7 Å². The third-order valence-corrected chi connectivity index (χ3v) is 2.77. The standard InChI is InChI=1S/C12H12ClFN4/c1-7-5-17-11(6-16-7)12(18-15)9-3-2-8(13)4-10(9)14/h2-6,12,18H,15H2,1H3. The lowest BCUT2D eigenvalue weighted by molar-refractivity contribution is 0.551. The van der Waals surface area contributed by atoms with Crippen molar-refractivity contribution in [2.24, 2.45) is 5.84 Å². The third kappa shape index (κ3) is 2.64. The quantitative estimate of drug-likeness (QED) is 0.660. The second-order valence-corrected chi connectivity index (χ2v) is 4.28. The molecule has 0 saturated carbocycles. The first-order valence-electron chi connectivity index (χ1n) is 5.31. The van der Waals surface area contributed by atoms with E-state index in [9.17, 15) is 4.39 Å². The van der Waals surface area contributed by atoms with Crippen molar-refractivity contribution in [2.75, 3.05) is 0 Å². The van der Waals surface area contributed by atoms with Crippen molar-refractivity contribution in [3.05, 3.63) is 58.4 Å². The summed E-state index contributed by atoms with van der Waals surface area (Å²) in [7, 11) is 0. The largest absolute Gasteiger partial charge is 0.271 e. The molecule has 0 spiro atoms. The highest BCUT2D eigenvalue weighted by atomic mass is 35.5. The Labute approximate surface area is 109 Å². The Hall–Kier alpha value is -1.56. The number of hydrogen-bond acceptors (Lipinski definition) is 4. The summed E-state index contributed by atoms with van der Waals surface area (Å²) < 4.78 is 13.8. The highest BCUT2D eigenvalue weighted by Crippen LogP contribution is 2.24. The molecule has 6 heteroatoms. The summed E-state index contributed by atoms with van der Waals surface area (Å²) in [6.07, 6.45) is 3.17. The molecular weight excluding hydrogens is 255 g/mol. The number of rotatable bonds is 3. The number of hydrazine groups is 1. The first kappa shape index (κ1) is 12.9. The van der Waals surface area contributed by atoms with Gasteiger partial charge in [0.2, 0.25) is 0 Å². The first-order chi connectivity index (χ1) is 8.61. The van der Waals surface area contributed by atoms with Crippen LogP contribution in [0.2, 0.25) is 5.02 Å². The van der Waals surface area contributed by atoms with E-state index in [1.807, 2.05) is 6.92 Å². The molecular formula is C12H12ClFN4. The molecule has 1 aromatic heterocycles. The van der Waals surface area contributed by atoms with Gasteiger partial charge in [-0.15, -0.1) is 0 Å². The van der Waals surface area contributed by atoms with Gasteiger partial charge in [-0.2, -0.15) is 0 Å². The Bertz CT molecular complexity index is 544. The molecule has 2 aromatic rings. The summed E-state index contributed by atoms with van der Waals surface area (Å²) in [5, 5.41) is 0.335. The molecule has 3 N–H and O–H groups in total. The Kier molecular flexibility index (Phi) is 3.86. The summed E-state index contributed by atoms with van der Waals surface area (Å²) in [4.78, 5) is 8.30. The molecule has 4 nitrogen and oxygen atoms in total. The summed E-state index contributed by atoms with van der Waals surface area (Å²) in [5.41, 5.74) is 4.23. The summed E-state index contributed by atoms with van der Waals surface area (Å²) >= 11 is 5.71. The van der Waals surface area contributed by atoms with Crippen LogP contribution < -0.4 is 11.3 Å². The van der Waals surface area contributed by atoms with E-state index >= 15 is 0 Å². The maximum atomic E-state index is 13.8. The zero-order valence-electron chi connectivity index (χ0n) is 9.69. The minimum atomic E-state index is -0.560. The van der Waals surface area contributed by atoms with Gasteiger partial charge in [-0.05, 0) is 19.1 Å². The van der Waals surface area contributed by atoms with Gasteiger partial charge in [0.15, 0.2) is 0 Å². The molecule has 0 saturated heterocycles. The number of nitrogens with one attached hydrogen (secondary N) is 1. The monoisotopic (exact) mass is 266 g/mol. The van der Waals surface area contributed by atoms with Gasteiger partial charge < -0.3 is 0 Å². The highest BCUT2D eigenvalue weighted by molar-refractivity contribution is 6.30. The van der Waals surface area contributed by atoms with E-state index < -0.39 is 11.9 Å². The number of aryl methyl sites for hydroxylation is 1. The summed E-state index contributed by atoms with van der Waals surface area (Å²) in [6, 6.07) is 3.86. The van der Waals surface area contributed by atoms with Crippen LogP contribution in [-0.2, 0) is 0 Å². The van der Waals surface area contributed by atoms with Gasteiger partial charge >= 0.3 is 0 Å². The molecule has 1 aromatic carbocycles. The van der Waals surface area contributed by atoms with E-state index in [-0.39, 0.29) is 0 Å². The number of halogens is 2. The lowest BCUT2D eigenvalue weighted by atomic mass is 10.0. The fourth-order valence-corrected chi connectivity index (χ4v) is 1.78. The van der Waals surface area contributed by atoms with Gasteiger partial charge in [0, 0.05) is 16.8 Å². The molecule has 1 atom stereocenters. The maximum Gasteiger partial charge on any atom is 0.129 e. The van der Waals surface area contributed by atoms with Crippen LogP contribution in [0.15, 0.2) is 30.6 Å². The van der Waals surface area contributed by atoms with Crippen LogP contribution in [-0.4, -0.2) is 9.97 Å². The molecule has 0 aliphatic rings. The summed E-state index contributed by atoms with van der Waals surface area (Å²) in [6.45, 7) is 1.82. The minimum absolute atomic E-state index is 0.335. The maximum absolute atomic E-state index is 13.8. The Morgan fingerprint density at radius 3 is 2.67 bits per heavy atom. The van der Waals surface area contributed by atoms with Crippen LogP contribution >= 0.6 is 11.6 Å². The fraction of sp³-hybridized carbons (Fsp3) is 0.167. The van der Waals surface area contributed by atoms with Crippen molar-refractivity contribution >= 4 is 11.6 Å². The molecule has 0 bridgehead atoms. The van der Waals surface area contributed by atoms with Crippen LogP contribution in [0.4, 0.5) is 4.39 Å². The van der Waals surface area contributed by atoms with Crippen LogP contribution in [0.25, 0.3) is 0 Å². The van der Waals surface area contributed by atoms with Gasteiger partial charge in [0.25, 0.3) is 0 Å². The fourth-order valence-electron chi connectivity index (χ4n) is 1.62. The van der Waals surface area contributed by atoms with Crippen molar-refractivity contribution in [2.45, 2.75) is 13.0 Å². The van der Waals surface area contributed by atoms with E-state index in [2.05, 4.69) is 15.4 Å². The highest BCUT2D eigenvalue weighted by Gasteiger charge is 2.18. The molecule has 1 heterocycles. The number of benzene rings is 1. The van der Waals surface area contributed by atoms with Crippen LogP contribution in [0.3, 0.4) is 0 Å². The molecule has 0 aliphatic carbocycles. The van der Waals surface area contributed by atoms with E-state index in [1.165, 1.54) is 6.07 Å². The van der Waals surface area contributed by atoms with Gasteiger partial charge in [0.05, 0.1) is 23.6 Å². The SMILES string of the molecule is Cc1cnc(C(NN)c2ccc(Cl)cc2F)cn1. The lowest BCUT2D eigenvalue weighted by Gasteiger charge is -2.16. The predicted molar refractivity (Wildman–Crippen MR) is 67.3 cm³/mol.